The number of rotatable bonds is 6. The first-order valence-electron chi connectivity index (χ1n) is 7.97. The van der Waals surface area contributed by atoms with Crippen molar-refractivity contribution in [3.8, 4) is 5.75 Å². The van der Waals surface area contributed by atoms with Crippen molar-refractivity contribution in [3.05, 3.63) is 90.0 Å². The van der Waals surface area contributed by atoms with Crippen LogP contribution in [0.1, 0.15) is 15.9 Å². The van der Waals surface area contributed by atoms with Gasteiger partial charge < -0.3 is 10.1 Å². The van der Waals surface area contributed by atoms with E-state index in [1.165, 1.54) is 5.56 Å². The van der Waals surface area contributed by atoms with Crippen LogP contribution in [0.25, 0.3) is 0 Å². The van der Waals surface area contributed by atoms with Crippen molar-refractivity contribution < 1.29 is 9.53 Å². The SMILES string of the molecule is COc1ccc(C(=O)Nc2cccc(SCc3ccccc3)c2)cc1. The fourth-order valence-corrected chi connectivity index (χ4v) is 3.26. The minimum Gasteiger partial charge on any atom is -0.497 e. The van der Waals surface area contributed by atoms with Crippen LogP contribution in [-0.2, 0) is 5.75 Å². The van der Waals surface area contributed by atoms with Gasteiger partial charge in [-0.3, -0.25) is 4.79 Å². The second kappa shape index (κ2) is 8.40. The molecule has 3 aromatic carbocycles. The van der Waals surface area contributed by atoms with Crippen molar-refractivity contribution >= 4 is 23.4 Å². The van der Waals surface area contributed by atoms with E-state index in [9.17, 15) is 4.79 Å². The van der Waals surface area contributed by atoms with Crippen LogP contribution in [0.3, 0.4) is 0 Å². The van der Waals surface area contributed by atoms with Crippen LogP contribution >= 0.6 is 11.8 Å². The van der Waals surface area contributed by atoms with E-state index in [1.807, 2.05) is 36.4 Å². The van der Waals surface area contributed by atoms with Gasteiger partial charge in [-0.15, -0.1) is 11.8 Å². The first kappa shape index (κ1) is 17.1. The molecule has 4 heteroatoms. The molecule has 0 atom stereocenters. The Balaban J connectivity index is 1.63. The summed E-state index contributed by atoms with van der Waals surface area (Å²) in [6.45, 7) is 0. The van der Waals surface area contributed by atoms with Gasteiger partial charge in [0.15, 0.2) is 0 Å². The molecule has 3 aromatic rings. The maximum Gasteiger partial charge on any atom is 0.255 e. The predicted octanol–water partition coefficient (Wildman–Crippen LogP) is 5.24. The van der Waals surface area contributed by atoms with Gasteiger partial charge in [-0.2, -0.15) is 0 Å². The number of hydrogen-bond donors (Lipinski definition) is 1. The second-order valence-electron chi connectivity index (χ2n) is 5.48. The van der Waals surface area contributed by atoms with E-state index in [2.05, 4.69) is 23.5 Å². The van der Waals surface area contributed by atoms with Crippen LogP contribution in [0.5, 0.6) is 5.75 Å². The fraction of sp³-hybridized carbons (Fsp3) is 0.0952. The average Bonchev–Trinajstić information content (AvgIpc) is 2.67. The van der Waals surface area contributed by atoms with Crippen LogP contribution < -0.4 is 10.1 Å². The van der Waals surface area contributed by atoms with E-state index >= 15 is 0 Å². The summed E-state index contributed by atoms with van der Waals surface area (Å²) in [5.41, 5.74) is 2.67. The number of carbonyl (C=O) groups excluding carboxylic acids is 1. The van der Waals surface area contributed by atoms with Crippen molar-refractivity contribution in [2.75, 3.05) is 12.4 Å². The predicted molar refractivity (Wildman–Crippen MR) is 103 cm³/mol. The summed E-state index contributed by atoms with van der Waals surface area (Å²) in [4.78, 5) is 13.5. The number of ether oxygens (including phenoxy) is 1. The Labute approximate surface area is 152 Å². The minimum atomic E-state index is -0.132. The van der Waals surface area contributed by atoms with Gasteiger partial charge in [0.2, 0.25) is 0 Å². The van der Waals surface area contributed by atoms with Crippen LogP contribution in [-0.4, -0.2) is 13.0 Å². The lowest BCUT2D eigenvalue weighted by atomic mass is 10.2. The van der Waals surface area contributed by atoms with Crippen molar-refractivity contribution in [2.24, 2.45) is 0 Å². The van der Waals surface area contributed by atoms with E-state index in [4.69, 9.17) is 4.74 Å². The van der Waals surface area contributed by atoms with E-state index < -0.39 is 0 Å². The molecule has 0 bridgehead atoms. The molecule has 1 N–H and O–H groups in total. The Hall–Kier alpha value is -2.72. The molecule has 0 aliphatic rings. The first-order valence-corrected chi connectivity index (χ1v) is 8.95. The highest BCUT2D eigenvalue weighted by molar-refractivity contribution is 7.98. The van der Waals surface area contributed by atoms with E-state index in [1.54, 1.807) is 43.1 Å². The van der Waals surface area contributed by atoms with E-state index in [0.29, 0.717) is 5.56 Å². The molecular weight excluding hydrogens is 330 g/mol. The molecule has 0 aromatic heterocycles. The molecular formula is C21H19NO2S. The van der Waals surface area contributed by atoms with Gasteiger partial charge in [0.1, 0.15) is 5.75 Å². The standard InChI is InChI=1S/C21H19NO2S/c1-24-19-12-10-17(11-13-19)21(23)22-18-8-5-9-20(14-18)25-15-16-6-3-2-4-7-16/h2-14H,15H2,1H3,(H,22,23). The van der Waals surface area contributed by atoms with Crippen molar-refractivity contribution in [2.45, 2.75) is 10.6 Å². The Bertz CT molecular complexity index is 832. The number of thioether (sulfide) groups is 1. The second-order valence-corrected chi connectivity index (χ2v) is 6.53. The first-order chi connectivity index (χ1) is 12.2. The smallest absolute Gasteiger partial charge is 0.255 e. The van der Waals surface area contributed by atoms with E-state index in [-0.39, 0.29) is 5.91 Å². The van der Waals surface area contributed by atoms with E-state index in [0.717, 1.165) is 22.1 Å². The van der Waals surface area contributed by atoms with Gasteiger partial charge >= 0.3 is 0 Å². The lowest BCUT2D eigenvalue weighted by Gasteiger charge is -2.08. The zero-order valence-electron chi connectivity index (χ0n) is 13.9. The van der Waals surface area contributed by atoms with Crippen molar-refractivity contribution in [1.29, 1.82) is 0 Å². The highest BCUT2D eigenvalue weighted by Crippen LogP contribution is 2.25. The summed E-state index contributed by atoms with van der Waals surface area (Å²) in [6, 6.07) is 25.3. The molecule has 0 saturated carbocycles. The van der Waals surface area contributed by atoms with Crippen LogP contribution in [0.15, 0.2) is 83.8 Å². The Morgan fingerprint density at radius 2 is 1.72 bits per heavy atom. The minimum absolute atomic E-state index is 0.132. The highest BCUT2D eigenvalue weighted by Gasteiger charge is 2.07. The third-order valence-electron chi connectivity index (χ3n) is 3.69. The molecule has 126 valence electrons. The quantitative estimate of drug-likeness (QED) is 0.619. The molecule has 0 unspecified atom stereocenters. The van der Waals surface area contributed by atoms with Gasteiger partial charge in [0.25, 0.3) is 5.91 Å². The largest absolute Gasteiger partial charge is 0.497 e. The van der Waals surface area contributed by atoms with Gasteiger partial charge in [0.05, 0.1) is 7.11 Å². The summed E-state index contributed by atoms with van der Waals surface area (Å²) in [7, 11) is 1.60. The molecule has 0 saturated heterocycles. The molecule has 0 spiro atoms. The molecule has 0 fully saturated rings. The third kappa shape index (κ3) is 4.88. The van der Waals surface area contributed by atoms with Gasteiger partial charge in [-0.1, -0.05) is 36.4 Å². The third-order valence-corrected chi connectivity index (χ3v) is 4.76. The van der Waals surface area contributed by atoms with Crippen molar-refractivity contribution in [1.82, 2.24) is 0 Å². The van der Waals surface area contributed by atoms with Crippen molar-refractivity contribution in [3.63, 3.8) is 0 Å². The van der Waals surface area contributed by atoms with Gasteiger partial charge in [0, 0.05) is 21.9 Å². The normalized spacial score (nSPS) is 10.3. The average molecular weight is 349 g/mol. The topological polar surface area (TPSA) is 38.3 Å². The monoisotopic (exact) mass is 349 g/mol. The number of benzene rings is 3. The lowest BCUT2D eigenvalue weighted by Crippen LogP contribution is -2.11. The molecule has 0 radical (unpaired) electrons. The maximum absolute atomic E-state index is 12.3. The lowest BCUT2D eigenvalue weighted by molar-refractivity contribution is 0.102. The number of anilines is 1. The number of methoxy groups -OCH3 is 1. The molecule has 0 heterocycles. The highest BCUT2D eigenvalue weighted by atomic mass is 32.2. The summed E-state index contributed by atoms with van der Waals surface area (Å²) in [5.74, 6) is 1.50. The maximum atomic E-state index is 12.3. The number of hydrogen-bond acceptors (Lipinski definition) is 3. The zero-order chi connectivity index (χ0) is 17.5. The summed E-state index contributed by atoms with van der Waals surface area (Å²) in [6.07, 6.45) is 0. The molecule has 1 amide bonds. The summed E-state index contributed by atoms with van der Waals surface area (Å²) in [5, 5.41) is 2.94. The Morgan fingerprint density at radius 3 is 2.44 bits per heavy atom. The molecule has 3 nitrogen and oxygen atoms in total. The summed E-state index contributed by atoms with van der Waals surface area (Å²) >= 11 is 1.75. The van der Waals surface area contributed by atoms with Crippen LogP contribution in [0.4, 0.5) is 5.69 Å². The van der Waals surface area contributed by atoms with Crippen LogP contribution in [0, 0.1) is 0 Å². The molecule has 25 heavy (non-hydrogen) atoms. The molecule has 3 rings (SSSR count). The fourth-order valence-electron chi connectivity index (χ4n) is 2.35. The number of amides is 1. The number of nitrogens with one attached hydrogen (secondary N) is 1. The Kier molecular flexibility index (Phi) is 5.75. The zero-order valence-corrected chi connectivity index (χ0v) is 14.8. The summed E-state index contributed by atoms with van der Waals surface area (Å²) < 4.78 is 5.11. The molecule has 0 aliphatic carbocycles. The van der Waals surface area contributed by atoms with Gasteiger partial charge in [-0.25, -0.2) is 0 Å². The van der Waals surface area contributed by atoms with Gasteiger partial charge in [-0.05, 0) is 48.0 Å². The van der Waals surface area contributed by atoms with Crippen LogP contribution in [0.2, 0.25) is 0 Å². The molecule has 0 aliphatic heterocycles. The number of carbonyl (C=O) groups is 1. The Morgan fingerprint density at radius 1 is 0.960 bits per heavy atom.